The third-order valence-corrected chi connectivity index (χ3v) is 7.66. The molecule has 0 bridgehead atoms. The molecule has 2 heterocycles. The smallest absolute Gasteiger partial charge is 0.236 e. The minimum Gasteiger partial charge on any atom is -0.341 e. The summed E-state index contributed by atoms with van der Waals surface area (Å²) in [5, 5.41) is 4.25. The molecule has 0 spiro atoms. The summed E-state index contributed by atoms with van der Waals surface area (Å²) in [6.07, 6.45) is 3.15. The second-order valence-corrected chi connectivity index (χ2v) is 9.85. The van der Waals surface area contributed by atoms with Crippen LogP contribution in [0.15, 0.2) is 12.0 Å². The minimum absolute atomic E-state index is 0.00361. The molecule has 3 rings (SSSR count). The van der Waals surface area contributed by atoms with Gasteiger partial charge in [0.05, 0.1) is 18.0 Å². The Balaban J connectivity index is 1.45. The van der Waals surface area contributed by atoms with Gasteiger partial charge in [-0.3, -0.25) is 4.79 Å². The Kier molecular flexibility index (Phi) is 6.87. The molecule has 3 fully saturated rings. The van der Waals surface area contributed by atoms with Gasteiger partial charge in [0.2, 0.25) is 15.9 Å². The number of rotatable bonds is 6. The molecule has 26 heavy (non-hydrogen) atoms. The number of nitrogens with one attached hydrogen (secondary N) is 4. The van der Waals surface area contributed by atoms with Gasteiger partial charge in [-0.1, -0.05) is 6.58 Å². The fraction of sp³-hybridized carbons (Fsp3) is 0.800. The van der Waals surface area contributed by atoms with Crippen molar-refractivity contribution in [1.82, 2.24) is 24.4 Å². The highest BCUT2D eigenvalue weighted by Gasteiger charge is 2.42. The second kappa shape index (κ2) is 8.76. The summed E-state index contributed by atoms with van der Waals surface area (Å²) in [5.74, 6) is 0.0274. The van der Waals surface area contributed by atoms with Gasteiger partial charge in [0.15, 0.2) is 0 Å². The topological polar surface area (TPSA) is 103 Å². The molecular weight excluding hydrogens is 398 g/mol. The summed E-state index contributed by atoms with van der Waals surface area (Å²) < 4.78 is 32.3. The van der Waals surface area contributed by atoms with E-state index in [0.717, 1.165) is 18.2 Å². The number of hydrogen-bond donors (Lipinski definition) is 4. The number of carbonyl (C=O) groups is 1. The molecule has 3 aliphatic rings. The zero-order valence-corrected chi connectivity index (χ0v) is 16.9. The summed E-state index contributed by atoms with van der Waals surface area (Å²) in [6, 6.07) is 0.477. The van der Waals surface area contributed by atoms with Crippen molar-refractivity contribution in [3.63, 3.8) is 0 Å². The normalized spacial score (nSPS) is 33.0. The van der Waals surface area contributed by atoms with Crippen molar-refractivity contribution in [3.05, 3.63) is 12.0 Å². The van der Waals surface area contributed by atoms with Crippen molar-refractivity contribution in [1.29, 1.82) is 0 Å². The first-order chi connectivity index (χ1) is 12.4. The number of nitrogens with zero attached hydrogens (tertiary/aromatic N) is 1. The molecular formula is C15H26ClN5O3S2. The van der Waals surface area contributed by atoms with E-state index >= 15 is 0 Å². The summed E-state index contributed by atoms with van der Waals surface area (Å²) in [5.41, 5.74) is 0. The monoisotopic (exact) mass is 423 g/mol. The Morgan fingerprint density at radius 1 is 1.27 bits per heavy atom. The largest absolute Gasteiger partial charge is 0.341 e. The number of fused-ring (bicyclic) bond motifs is 1. The summed E-state index contributed by atoms with van der Waals surface area (Å²) >= 11 is 7.97. The first-order valence-electron chi connectivity index (χ1n) is 8.86. The van der Waals surface area contributed by atoms with E-state index in [2.05, 4.69) is 26.1 Å². The Bertz CT molecular complexity index is 627. The molecule has 2 aliphatic heterocycles. The van der Waals surface area contributed by atoms with Crippen LogP contribution in [0.4, 0.5) is 0 Å². The van der Waals surface area contributed by atoms with Gasteiger partial charge in [0.25, 0.3) is 0 Å². The van der Waals surface area contributed by atoms with E-state index in [0.29, 0.717) is 32.0 Å². The number of alkyl halides is 1. The predicted molar refractivity (Wildman–Crippen MR) is 104 cm³/mol. The molecule has 0 radical (unpaired) electrons. The van der Waals surface area contributed by atoms with Crippen LogP contribution in [-0.2, 0) is 14.8 Å². The van der Waals surface area contributed by atoms with E-state index in [9.17, 15) is 13.2 Å². The minimum atomic E-state index is -3.43. The van der Waals surface area contributed by atoms with E-state index in [-0.39, 0.29) is 36.0 Å². The van der Waals surface area contributed by atoms with Gasteiger partial charge in [-0.25, -0.2) is 22.6 Å². The van der Waals surface area contributed by atoms with Gasteiger partial charge < -0.3 is 10.2 Å². The highest BCUT2D eigenvalue weighted by molar-refractivity contribution is 7.95. The second-order valence-electron chi connectivity index (χ2n) is 6.95. The lowest BCUT2D eigenvalue weighted by atomic mass is 9.86. The number of amides is 1. The lowest BCUT2D eigenvalue weighted by Crippen LogP contribution is -2.59. The molecule has 0 aromatic rings. The number of piperidine rings is 1. The Morgan fingerprint density at radius 2 is 2.00 bits per heavy atom. The fourth-order valence-electron chi connectivity index (χ4n) is 3.74. The molecule has 148 valence electrons. The quantitative estimate of drug-likeness (QED) is 0.349. The Hall–Kier alpha value is -0.360. The van der Waals surface area contributed by atoms with Crippen molar-refractivity contribution >= 4 is 39.7 Å². The van der Waals surface area contributed by atoms with Crippen molar-refractivity contribution in [2.75, 3.05) is 19.6 Å². The van der Waals surface area contributed by atoms with E-state index in [1.54, 1.807) is 4.90 Å². The number of hydrogen-bond acceptors (Lipinski definition) is 7. The molecule has 1 saturated carbocycles. The van der Waals surface area contributed by atoms with Gasteiger partial charge in [0, 0.05) is 48.8 Å². The van der Waals surface area contributed by atoms with Crippen molar-refractivity contribution < 1.29 is 13.2 Å². The molecule has 4 atom stereocenters. The summed E-state index contributed by atoms with van der Waals surface area (Å²) in [6.45, 7) is 4.62. The molecule has 8 nitrogen and oxygen atoms in total. The lowest BCUT2D eigenvalue weighted by molar-refractivity contribution is -0.131. The van der Waals surface area contributed by atoms with Crippen LogP contribution in [0.1, 0.15) is 25.7 Å². The standard InChI is InChI=1S/C15H26ClN5O3S2/c1-2-26(23,24)20-10-5-7-21(8-6-10)13(22)9-17-14-11(16)3-4-12-15(14)19-25-18-12/h2,10-12,14-15,17-20H,1,3-9H2. The number of sulfonamides is 1. The predicted octanol–water partition coefficient (Wildman–Crippen LogP) is -0.107. The molecule has 1 amide bonds. The molecule has 0 aromatic carbocycles. The van der Waals surface area contributed by atoms with Crippen LogP contribution in [0.5, 0.6) is 0 Å². The lowest BCUT2D eigenvalue weighted by Gasteiger charge is -2.37. The van der Waals surface area contributed by atoms with Crippen LogP contribution in [0.25, 0.3) is 0 Å². The maximum atomic E-state index is 12.5. The molecule has 11 heteroatoms. The number of halogens is 1. The zero-order chi connectivity index (χ0) is 18.7. The van der Waals surface area contributed by atoms with Crippen molar-refractivity contribution in [2.24, 2.45) is 0 Å². The van der Waals surface area contributed by atoms with E-state index in [1.165, 1.54) is 12.1 Å². The van der Waals surface area contributed by atoms with Crippen LogP contribution in [0, 0.1) is 0 Å². The first kappa shape index (κ1) is 20.4. The molecule has 4 N–H and O–H groups in total. The van der Waals surface area contributed by atoms with Crippen LogP contribution < -0.4 is 19.5 Å². The first-order valence-corrected chi connectivity index (χ1v) is 11.7. The van der Waals surface area contributed by atoms with Gasteiger partial charge in [0.1, 0.15) is 0 Å². The zero-order valence-electron chi connectivity index (χ0n) is 14.5. The van der Waals surface area contributed by atoms with E-state index in [1.807, 2.05) is 0 Å². The third-order valence-electron chi connectivity index (χ3n) is 5.26. The maximum absolute atomic E-state index is 12.5. The van der Waals surface area contributed by atoms with Gasteiger partial charge in [-0.15, -0.1) is 11.6 Å². The van der Waals surface area contributed by atoms with Crippen molar-refractivity contribution in [2.45, 2.75) is 55.2 Å². The van der Waals surface area contributed by atoms with E-state index in [4.69, 9.17) is 11.6 Å². The SMILES string of the molecule is C=CS(=O)(=O)NC1CCN(C(=O)CNC2C(Cl)CCC3NSNC32)CC1. The molecule has 0 aromatic heterocycles. The van der Waals surface area contributed by atoms with Gasteiger partial charge in [-0.05, 0) is 25.7 Å². The van der Waals surface area contributed by atoms with E-state index < -0.39 is 10.0 Å². The Morgan fingerprint density at radius 3 is 2.69 bits per heavy atom. The fourth-order valence-corrected chi connectivity index (χ4v) is 5.84. The summed E-state index contributed by atoms with van der Waals surface area (Å²) in [4.78, 5) is 14.3. The van der Waals surface area contributed by atoms with Gasteiger partial charge >= 0.3 is 0 Å². The highest BCUT2D eigenvalue weighted by Crippen LogP contribution is 2.29. The maximum Gasteiger partial charge on any atom is 0.236 e. The molecule has 4 unspecified atom stereocenters. The van der Waals surface area contributed by atoms with Crippen LogP contribution in [-0.4, -0.2) is 68.4 Å². The number of likely N-dealkylation sites (tertiary alicyclic amines) is 1. The average molecular weight is 424 g/mol. The van der Waals surface area contributed by atoms with Crippen molar-refractivity contribution in [3.8, 4) is 0 Å². The van der Waals surface area contributed by atoms with Crippen LogP contribution >= 0.6 is 23.7 Å². The van der Waals surface area contributed by atoms with Crippen LogP contribution in [0.2, 0.25) is 0 Å². The average Bonchev–Trinajstić information content (AvgIpc) is 3.10. The summed E-state index contributed by atoms with van der Waals surface area (Å²) in [7, 11) is -3.43. The van der Waals surface area contributed by atoms with Gasteiger partial charge in [-0.2, -0.15) is 0 Å². The van der Waals surface area contributed by atoms with Crippen LogP contribution in [0.3, 0.4) is 0 Å². The molecule has 2 saturated heterocycles. The Labute approximate surface area is 164 Å². The molecule has 1 aliphatic carbocycles. The third kappa shape index (κ3) is 4.92. The highest BCUT2D eigenvalue weighted by atomic mass is 35.5. The number of carbonyl (C=O) groups excluding carboxylic acids is 1.